The van der Waals surface area contributed by atoms with Crippen molar-refractivity contribution in [2.24, 2.45) is 0 Å². The first-order valence-electron chi connectivity index (χ1n) is 8.72. The molecule has 1 aromatic heterocycles. The molecule has 140 valence electrons. The Hall–Kier alpha value is -2.21. The molecule has 2 rings (SSSR count). The number of anilines is 1. The average molecular weight is 375 g/mol. The van der Waals surface area contributed by atoms with Crippen LogP contribution in [0.3, 0.4) is 0 Å². The van der Waals surface area contributed by atoms with Gasteiger partial charge in [-0.25, -0.2) is 0 Å². The second kappa shape index (κ2) is 8.94. The Kier molecular flexibility index (Phi) is 6.91. The SMILES string of the molecule is CCC(C)Sc1ccc(NC(=O)CNC(=O)c2cc(C)oc2C)c(C)c1. The van der Waals surface area contributed by atoms with E-state index in [1.165, 1.54) is 4.90 Å². The van der Waals surface area contributed by atoms with E-state index in [1.54, 1.807) is 19.9 Å². The maximum absolute atomic E-state index is 12.1. The van der Waals surface area contributed by atoms with Crippen LogP contribution in [0.15, 0.2) is 33.6 Å². The maximum atomic E-state index is 12.1. The molecule has 0 saturated heterocycles. The first kappa shape index (κ1) is 20.1. The Balaban J connectivity index is 1.91. The standard InChI is InChI=1S/C20H26N2O3S/c1-6-14(4)26-16-7-8-18(12(2)9-16)22-19(23)11-21-20(24)17-10-13(3)25-15(17)5/h7-10,14H,6,11H2,1-5H3,(H,21,24)(H,22,23). The van der Waals surface area contributed by atoms with Gasteiger partial charge in [-0.05, 0) is 57.0 Å². The van der Waals surface area contributed by atoms with Crippen molar-refractivity contribution < 1.29 is 14.0 Å². The Bertz CT molecular complexity index is 798. The number of thioether (sulfide) groups is 1. The maximum Gasteiger partial charge on any atom is 0.255 e. The highest BCUT2D eigenvalue weighted by atomic mass is 32.2. The van der Waals surface area contributed by atoms with Crippen LogP contribution in [0.5, 0.6) is 0 Å². The van der Waals surface area contributed by atoms with Crippen LogP contribution in [0.4, 0.5) is 5.69 Å². The molecule has 0 radical (unpaired) electrons. The van der Waals surface area contributed by atoms with Crippen LogP contribution >= 0.6 is 11.8 Å². The fourth-order valence-electron chi connectivity index (χ4n) is 2.47. The van der Waals surface area contributed by atoms with Crippen LogP contribution in [0, 0.1) is 20.8 Å². The van der Waals surface area contributed by atoms with Gasteiger partial charge in [0.05, 0.1) is 12.1 Å². The number of benzene rings is 1. The highest BCUT2D eigenvalue weighted by molar-refractivity contribution is 7.99. The molecule has 1 heterocycles. The molecule has 26 heavy (non-hydrogen) atoms. The van der Waals surface area contributed by atoms with Crippen LogP contribution in [-0.2, 0) is 4.79 Å². The summed E-state index contributed by atoms with van der Waals surface area (Å²) in [6.07, 6.45) is 1.11. The summed E-state index contributed by atoms with van der Waals surface area (Å²) in [5, 5.41) is 6.02. The summed E-state index contributed by atoms with van der Waals surface area (Å²) in [6, 6.07) is 7.65. The van der Waals surface area contributed by atoms with Gasteiger partial charge in [-0.1, -0.05) is 13.8 Å². The topological polar surface area (TPSA) is 71.3 Å². The van der Waals surface area contributed by atoms with E-state index in [4.69, 9.17) is 4.42 Å². The summed E-state index contributed by atoms with van der Waals surface area (Å²) < 4.78 is 5.34. The zero-order valence-corrected chi connectivity index (χ0v) is 16.8. The summed E-state index contributed by atoms with van der Waals surface area (Å²) in [7, 11) is 0. The van der Waals surface area contributed by atoms with Gasteiger partial charge >= 0.3 is 0 Å². The molecule has 0 aliphatic carbocycles. The third-order valence-electron chi connectivity index (χ3n) is 4.08. The molecule has 0 saturated carbocycles. The number of aryl methyl sites for hydroxylation is 3. The molecule has 1 unspecified atom stereocenters. The van der Waals surface area contributed by atoms with E-state index < -0.39 is 0 Å². The number of hydrogen-bond donors (Lipinski definition) is 2. The first-order chi connectivity index (χ1) is 12.3. The Morgan fingerprint density at radius 1 is 1.19 bits per heavy atom. The number of amides is 2. The van der Waals surface area contributed by atoms with E-state index in [0.717, 1.165) is 17.7 Å². The number of rotatable bonds is 7. The third-order valence-corrected chi connectivity index (χ3v) is 5.34. The van der Waals surface area contributed by atoms with Gasteiger partial charge in [0.15, 0.2) is 0 Å². The molecule has 1 aromatic carbocycles. The second-order valence-corrected chi connectivity index (χ2v) is 7.88. The molecule has 2 amide bonds. The second-order valence-electron chi connectivity index (χ2n) is 6.37. The quantitative estimate of drug-likeness (QED) is 0.702. The summed E-state index contributed by atoms with van der Waals surface area (Å²) in [4.78, 5) is 25.5. The van der Waals surface area contributed by atoms with Crippen molar-refractivity contribution in [3.8, 4) is 0 Å². The fraction of sp³-hybridized carbons (Fsp3) is 0.400. The van der Waals surface area contributed by atoms with Gasteiger partial charge < -0.3 is 15.1 Å². The largest absolute Gasteiger partial charge is 0.466 e. The lowest BCUT2D eigenvalue weighted by molar-refractivity contribution is -0.115. The van der Waals surface area contributed by atoms with Crippen LogP contribution in [0.25, 0.3) is 0 Å². The molecule has 6 heteroatoms. The molecule has 2 N–H and O–H groups in total. The fourth-order valence-corrected chi connectivity index (χ4v) is 3.49. The van der Waals surface area contributed by atoms with Crippen LogP contribution in [-0.4, -0.2) is 23.6 Å². The van der Waals surface area contributed by atoms with Gasteiger partial charge in [0, 0.05) is 15.8 Å². The lowest BCUT2D eigenvalue weighted by Crippen LogP contribution is -2.33. The molecule has 2 aromatic rings. The molecular weight excluding hydrogens is 348 g/mol. The van der Waals surface area contributed by atoms with Crippen molar-refractivity contribution in [3.63, 3.8) is 0 Å². The molecule has 0 fully saturated rings. The third kappa shape index (κ3) is 5.39. The van der Waals surface area contributed by atoms with Crippen molar-refractivity contribution in [3.05, 3.63) is 46.9 Å². The molecule has 0 bridgehead atoms. The monoisotopic (exact) mass is 374 g/mol. The summed E-state index contributed by atoms with van der Waals surface area (Å²) in [5.74, 6) is 0.641. The summed E-state index contributed by atoms with van der Waals surface area (Å²) in [5.41, 5.74) is 2.21. The lowest BCUT2D eigenvalue weighted by atomic mass is 10.2. The minimum Gasteiger partial charge on any atom is -0.466 e. The van der Waals surface area contributed by atoms with Crippen molar-refractivity contribution in [1.29, 1.82) is 0 Å². The molecule has 5 nitrogen and oxygen atoms in total. The molecule has 1 atom stereocenters. The molecule has 0 aliphatic rings. The molecular formula is C20H26N2O3S. The Labute approximate surface area is 158 Å². The minimum absolute atomic E-state index is 0.0920. The van der Waals surface area contributed by atoms with E-state index >= 15 is 0 Å². The van der Waals surface area contributed by atoms with E-state index in [1.807, 2.05) is 30.8 Å². The summed E-state index contributed by atoms with van der Waals surface area (Å²) in [6.45, 7) is 9.74. The predicted octanol–water partition coefficient (Wildman–Crippen LogP) is 4.46. The highest BCUT2D eigenvalue weighted by Gasteiger charge is 2.14. The van der Waals surface area contributed by atoms with Gasteiger partial charge in [-0.3, -0.25) is 9.59 Å². The van der Waals surface area contributed by atoms with Gasteiger partial charge in [-0.2, -0.15) is 0 Å². The van der Waals surface area contributed by atoms with Crippen LogP contribution in [0.1, 0.15) is 47.7 Å². The van der Waals surface area contributed by atoms with Gasteiger partial charge in [0.25, 0.3) is 5.91 Å². The molecule has 0 spiro atoms. The zero-order chi connectivity index (χ0) is 19.3. The smallest absolute Gasteiger partial charge is 0.255 e. The summed E-state index contributed by atoms with van der Waals surface area (Å²) >= 11 is 1.82. The normalized spacial score (nSPS) is 11.9. The lowest BCUT2D eigenvalue weighted by Gasteiger charge is -2.12. The number of carbonyl (C=O) groups excluding carboxylic acids is 2. The molecule has 0 aliphatic heterocycles. The van der Waals surface area contributed by atoms with E-state index in [2.05, 4.69) is 30.5 Å². The van der Waals surface area contributed by atoms with Crippen LogP contribution < -0.4 is 10.6 Å². The van der Waals surface area contributed by atoms with Gasteiger partial charge in [0.1, 0.15) is 11.5 Å². The number of furan rings is 1. The Morgan fingerprint density at radius 2 is 1.92 bits per heavy atom. The predicted molar refractivity (Wildman–Crippen MR) is 106 cm³/mol. The zero-order valence-electron chi connectivity index (χ0n) is 15.9. The van der Waals surface area contributed by atoms with Crippen molar-refractivity contribution in [1.82, 2.24) is 5.32 Å². The van der Waals surface area contributed by atoms with Crippen molar-refractivity contribution in [2.75, 3.05) is 11.9 Å². The van der Waals surface area contributed by atoms with Gasteiger partial charge in [-0.15, -0.1) is 11.8 Å². The van der Waals surface area contributed by atoms with Crippen molar-refractivity contribution >= 4 is 29.3 Å². The van der Waals surface area contributed by atoms with E-state index in [0.29, 0.717) is 22.3 Å². The minimum atomic E-state index is -0.313. The van der Waals surface area contributed by atoms with Gasteiger partial charge in [0.2, 0.25) is 5.91 Å². The average Bonchev–Trinajstić information content (AvgIpc) is 2.93. The van der Waals surface area contributed by atoms with E-state index in [9.17, 15) is 9.59 Å². The van der Waals surface area contributed by atoms with E-state index in [-0.39, 0.29) is 18.4 Å². The number of nitrogens with one attached hydrogen (secondary N) is 2. The highest BCUT2D eigenvalue weighted by Crippen LogP contribution is 2.28. The van der Waals surface area contributed by atoms with Crippen molar-refractivity contribution in [2.45, 2.75) is 51.2 Å². The number of hydrogen-bond acceptors (Lipinski definition) is 4. The van der Waals surface area contributed by atoms with Crippen LogP contribution in [0.2, 0.25) is 0 Å². The Morgan fingerprint density at radius 3 is 2.50 bits per heavy atom. The first-order valence-corrected chi connectivity index (χ1v) is 9.60. The number of carbonyl (C=O) groups is 2.